The van der Waals surface area contributed by atoms with Crippen molar-refractivity contribution in [3.05, 3.63) is 21.9 Å². The van der Waals surface area contributed by atoms with Gasteiger partial charge in [0.1, 0.15) is 0 Å². The third-order valence-electron chi connectivity index (χ3n) is 3.68. The highest BCUT2D eigenvalue weighted by Crippen LogP contribution is 2.14. The molecule has 0 bridgehead atoms. The summed E-state index contributed by atoms with van der Waals surface area (Å²) in [7, 11) is 0. The van der Waals surface area contributed by atoms with E-state index >= 15 is 0 Å². The van der Waals surface area contributed by atoms with E-state index in [1.165, 1.54) is 42.1 Å². The summed E-state index contributed by atoms with van der Waals surface area (Å²) >= 11 is 1.90. The summed E-state index contributed by atoms with van der Waals surface area (Å²) in [6, 6.07) is 5.14. The average molecular weight is 282 g/mol. The predicted molar refractivity (Wildman–Crippen MR) is 87.0 cm³/mol. The standard InChI is InChI=1S/C16H30N2S/c1-5-7-11-18(14(3)6-2)12-10-17-13-16-9-8-15(4)19-16/h8-9,14,17H,5-7,10-13H2,1-4H3. The van der Waals surface area contributed by atoms with Gasteiger partial charge in [-0.15, -0.1) is 11.3 Å². The number of thiophene rings is 1. The van der Waals surface area contributed by atoms with E-state index in [-0.39, 0.29) is 0 Å². The number of rotatable bonds is 10. The molecule has 0 saturated heterocycles. The summed E-state index contributed by atoms with van der Waals surface area (Å²) in [6.45, 7) is 13.6. The molecule has 110 valence electrons. The van der Waals surface area contributed by atoms with Crippen LogP contribution in [-0.4, -0.2) is 30.6 Å². The Balaban J connectivity index is 2.23. The van der Waals surface area contributed by atoms with Gasteiger partial charge < -0.3 is 5.32 Å². The van der Waals surface area contributed by atoms with Gasteiger partial charge in [-0.05, 0) is 45.4 Å². The van der Waals surface area contributed by atoms with Crippen molar-refractivity contribution in [2.75, 3.05) is 19.6 Å². The second kappa shape index (κ2) is 9.51. The number of nitrogens with zero attached hydrogens (tertiary/aromatic N) is 1. The van der Waals surface area contributed by atoms with Crippen LogP contribution in [0.3, 0.4) is 0 Å². The van der Waals surface area contributed by atoms with E-state index in [1.54, 1.807) is 0 Å². The van der Waals surface area contributed by atoms with Crippen LogP contribution >= 0.6 is 11.3 Å². The second-order valence-electron chi connectivity index (χ2n) is 5.34. The summed E-state index contributed by atoms with van der Waals surface area (Å²) in [6.07, 6.45) is 3.84. The molecular weight excluding hydrogens is 252 g/mol. The first-order valence-corrected chi connectivity index (χ1v) is 8.49. The van der Waals surface area contributed by atoms with Gasteiger partial charge in [0.15, 0.2) is 0 Å². The molecular formula is C16H30N2S. The first kappa shape index (κ1) is 16.7. The largest absolute Gasteiger partial charge is 0.311 e. The summed E-state index contributed by atoms with van der Waals surface area (Å²) in [4.78, 5) is 5.47. The van der Waals surface area contributed by atoms with Crippen molar-refractivity contribution >= 4 is 11.3 Å². The maximum atomic E-state index is 3.57. The monoisotopic (exact) mass is 282 g/mol. The Morgan fingerprint density at radius 3 is 2.63 bits per heavy atom. The molecule has 1 aromatic heterocycles. The number of aryl methyl sites for hydroxylation is 1. The van der Waals surface area contributed by atoms with Crippen LogP contribution in [0.5, 0.6) is 0 Å². The Labute approximate surface area is 123 Å². The van der Waals surface area contributed by atoms with E-state index < -0.39 is 0 Å². The van der Waals surface area contributed by atoms with Crippen LogP contribution in [0.15, 0.2) is 12.1 Å². The lowest BCUT2D eigenvalue weighted by molar-refractivity contribution is 0.201. The van der Waals surface area contributed by atoms with E-state index in [0.717, 1.165) is 13.1 Å². The van der Waals surface area contributed by atoms with Gasteiger partial charge in [-0.25, -0.2) is 0 Å². The molecule has 1 rings (SSSR count). The lowest BCUT2D eigenvalue weighted by atomic mass is 10.2. The van der Waals surface area contributed by atoms with Crippen LogP contribution in [0.2, 0.25) is 0 Å². The van der Waals surface area contributed by atoms with Crippen LogP contribution in [-0.2, 0) is 6.54 Å². The van der Waals surface area contributed by atoms with Gasteiger partial charge in [-0.2, -0.15) is 0 Å². The van der Waals surface area contributed by atoms with E-state index in [1.807, 2.05) is 11.3 Å². The van der Waals surface area contributed by atoms with Crippen LogP contribution < -0.4 is 5.32 Å². The number of nitrogens with one attached hydrogen (secondary N) is 1. The van der Waals surface area contributed by atoms with Crippen molar-refractivity contribution < 1.29 is 0 Å². The quantitative estimate of drug-likeness (QED) is 0.651. The molecule has 0 amide bonds. The number of hydrogen-bond acceptors (Lipinski definition) is 3. The molecule has 1 N–H and O–H groups in total. The molecule has 0 saturated carbocycles. The first-order valence-electron chi connectivity index (χ1n) is 7.67. The van der Waals surface area contributed by atoms with Gasteiger partial charge in [-0.1, -0.05) is 20.3 Å². The molecule has 0 aliphatic rings. The fourth-order valence-corrected chi connectivity index (χ4v) is 3.05. The zero-order valence-corrected chi connectivity index (χ0v) is 13.9. The third-order valence-corrected chi connectivity index (χ3v) is 4.68. The average Bonchev–Trinajstić information content (AvgIpc) is 2.83. The van der Waals surface area contributed by atoms with Crippen molar-refractivity contribution in [1.29, 1.82) is 0 Å². The van der Waals surface area contributed by atoms with Gasteiger partial charge in [0.05, 0.1) is 0 Å². The van der Waals surface area contributed by atoms with Crippen molar-refractivity contribution in [3.63, 3.8) is 0 Å². The van der Waals surface area contributed by atoms with Gasteiger partial charge in [-0.3, -0.25) is 4.90 Å². The van der Waals surface area contributed by atoms with Gasteiger partial charge in [0.2, 0.25) is 0 Å². The van der Waals surface area contributed by atoms with Gasteiger partial charge >= 0.3 is 0 Å². The molecule has 0 aliphatic heterocycles. The Morgan fingerprint density at radius 1 is 1.26 bits per heavy atom. The molecule has 1 atom stereocenters. The van der Waals surface area contributed by atoms with Crippen LogP contribution in [0.1, 0.15) is 49.8 Å². The van der Waals surface area contributed by atoms with E-state index in [4.69, 9.17) is 0 Å². The van der Waals surface area contributed by atoms with Gasteiger partial charge in [0, 0.05) is 35.4 Å². The minimum absolute atomic E-state index is 0.706. The molecule has 1 heterocycles. The van der Waals surface area contributed by atoms with E-state index in [2.05, 4.69) is 50.0 Å². The Kier molecular flexibility index (Phi) is 8.35. The summed E-state index contributed by atoms with van der Waals surface area (Å²) in [5.41, 5.74) is 0. The molecule has 3 heteroatoms. The molecule has 1 aromatic rings. The highest BCUT2D eigenvalue weighted by molar-refractivity contribution is 7.11. The van der Waals surface area contributed by atoms with Crippen molar-refractivity contribution in [2.45, 2.75) is 59.5 Å². The highest BCUT2D eigenvalue weighted by atomic mass is 32.1. The van der Waals surface area contributed by atoms with E-state index in [0.29, 0.717) is 6.04 Å². The van der Waals surface area contributed by atoms with Crippen molar-refractivity contribution in [3.8, 4) is 0 Å². The first-order chi connectivity index (χ1) is 9.17. The Morgan fingerprint density at radius 2 is 2.05 bits per heavy atom. The molecule has 0 aliphatic carbocycles. The van der Waals surface area contributed by atoms with Crippen LogP contribution in [0.25, 0.3) is 0 Å². The highest BCUT2D eigenvalue weighted by Gasteiger charge is 2.10. The zero-order chi connectivity index (χ0) is 14.1. The van der Waals surface area contributed by atoms with Crippen LogP contribution in [0, 0.1) is 6.92 Å². The van der Waals surface area contributed by atoms with Crippen molar-refractivity contribution in [1.82, 2.24) is 10.2 Å². The molecule has 0 spiro atoms. The Bertz CT molecular complexity index is 335. The molecule has 0 fully saturated rings. The maximum Gasteiger partial charge on any atom is 0.0300 e. The summed E-state index contributed by atoms with van der Waals surface area (Å²) in [5, 5.41) is 3.57. The number of hydrogen-bond donors (Lipinski definition) is 1. The third kappa shape index (κ3) is 6.55. The van der Waals surface area contributed by atoms with E-state index in [9.17, 15) is 0 Å². The second-order valence-corrected chi connectivity index (χ2v) is 6.71. The minimum Gasteiger partial charge on any atom is -0.311 e. The number of unbranched alkanes of at least 4 members (excludes halogenated alkanes) is 1. The fraction of sp³-hybridized carbons (Fsp3) is 0.750. The lowest BCUT2D eigenvalue weighted by Gasteiger charge is -2.28. The zero-order valence-electron chi connectivity index (χ0n) is 13.0. The lowest BCUT2D eigenvalue weighted by Crippen LogP contribution is -2.38. The minimum atomic E-state index is 0.706. The SMILES string of the molecule is CCCCN(CCNCc1ccc(C)s1)C(C)CC. The van der Waals surface area contributed by atoms with Crippen molar-refractivity contribution in [2.24, 2.45) is 0 Å². The van der Waals surface area contributed by atoms with Gasteiger partial charge in [0.25, 0.3) is 0 Å². The fourth-order valence-electron chi connectivity index (χ4n) is 2.19. The Hall–Kier alpha value is -0.380. The summed E-state index contributed by atoms with van der Waals surface area (Å²) in [5.74, 6) is 0. The molecule has 19 heavy (non-hydrogen) atoms. The molecule has 0 radical (unpaired) electrons. The summed E-state index contributed by atoms with van der Waals surface area (Å²) < 4.78 is 0. The predicted octanol–water partition coefficient (Wildman–Crippen LogP) is 4.05. The molecule has 2 nitrogen and oxygen atoms in total. The molecule has 1 unspecified atom stereocenters. The molecule has 0 aromatic carbocycles. The topological polar surface area (TPSA) is 15.3 Å². The maximum absolute atomic E-state index is 3.57. The normalized spacial score (nSPS) is 13.1. The smallest absolute Gasteiger partial charge is 0.0300 e. The van der Waals surface area contributed by atoms with Crippen LogP contribution in [0.4, 0.5) is 0 Å².